The minimum absolute atomic E-state index is 0.0308. The first-order chi connectivity index (χ1) is 15.6. The fourth-order valence-corrected chi connectivity index (χ4v) is 4.00. The van der Waals surface area contributed by atoms with Gasteiger partial charge >= 0.3 is 0 Å². The molecule has 7 nitrogen and oxygen atoms in total. The maximum atomic E-state index is 12.4. The Morgan fingerprint density at radius 3 is 2.62 bits per heavy atom. The van der Waals surface area contributed by atoms with Crippen LogP contribution < -0.4 is 10.1 Å². The quantitative estimate of drug-likeness (QED) is 0.581. The van der Waals surface area contributed by atoms with Crippen LogP contribution in [0.2, 0.25) is 0 Å². The van der Waals surface area contributed by atoms with Crippen LogP contribution in [0.1, 0.15) is 36.3 Å². The Balaban J connectivity index is 1.20. The number of methoxy groups -OCH3 is 1. The Labute approximate surface area is 188 Å². The molecule has 168 valence electrons. The molecule has 1 fully saturated rings. The molecule has 3 aromatic rings. The number of para-hydroxylation sites is 1. The van der Waals surface area contributed by atoms with Crippen LogP contribution in [0.5, 0.6) is 5.75 Å². The minimum Gasteiger partial charge on any atom is -0.496 e. The van der Waals surface area contributed by atoms with Gasteiger partial charge in [0.15, 0.2) is 0 Å². The van der Waals surface area contributed by atoms with Crippen molar-refractivity contribution in [3.05, 3.63) is 65.5 Å². The highest BCUT2D eigenvalue weighted by molar-refractivity contribution is 5.76. The summed E-state index contributed by atoms with van der Waals surface area (Å²) < 4.78 is 11.2. The highest BCUT2D eigenvalue weighted by Gasteiger charge is 2.21. The number of piperidine rings is 1. The van der Waals surface area contributed by atoms with Gasteiger partial charge in [-0.15, -0.1) is 10.2 Å². The van der Waals surface area contributed by atoms with Crippen molar-refractivity contribution in [2.75, 3.05) is 20.2 Å². The van der Waals surface area contributed by atoms with Crippen molar-refractivity contribution in [2.45, 2.75) is 45.2 Å². The molecule has 0 bridgehead atoms. The molecule has 2 aromatic carbocycles. The summed E-state index contributed by atoms with van der Waals surface area (Å²) in [5.74, 6) is 1.93. The van der Waals surface area contributed by atoms with Gasteiger partial charge in [0.2, 0.25) is 17.7 Å². The van der Waals surface area contributed by atoms with Gasteiger partial charge in [-0.2, -0.15) is 0 Å². The Morgan fingerprint density at radius 2 is 1.88 bits per heavy atom. The first-order valence-corrected chi connectivity index (χ1v) is 11.1. The molecule has 1 N–H and O–H groups in total. The highest BCUT2D eigenvalue weighted by Crippen LogP contribution is 2.22. The summed E-state index contributed by atoms with van der Waals surface area (Å²) in [5, 5.41) is 11.3. The zero-order valence-corrected chi connectivity index (χ0v) is 18.7. The number of carbonyl (C=O) groups excluding carboxylic acids is 1. The molecule has 1 aliphatic rings. The smallest absolute Gasteiger partial charge is 0.247 e. The van der Waals surface area contributed by atoms with Crippen molar-refractivity contribution in [2.24, 2.45) is 0 Å². The predicted molar refractivity (Wildman–Crippen MR) is 122 cm³/mol. The van der Waals surface area contributed by atoms with E-state index in [0.717, 1.165) is 43.8 Å². The summed E-state index contributed by atoms with van der Waals surface area (Å²) in [6.07, 6.45) is 2.67. The average Bonchev–Trinajstić information content (AvgIpc) is 3.29. The van der Waals surface area contributed by atoms with E-state index in [2.05, 4.69) is 26.5 Å². The Bertz CT molecular complexity index is 1020. The number of rotatable bonds is 8. The van der Waals surface area contributed by atoms with Crippen LogP contribution >= 0.6 is 0 Å². The Hall–Kier alpha value is -3.19. The number of benzene rings is 2. The van der Waals surface area contributed by atoms with E-state index in [4.69, 9.17) is 9.15 Å². The summed E-state index contributed by atoms with van der Waals surface area (Å²) >= 11 is 0. The third-order valence-electron chi connectivity index (χ3n) is 5.87. The van der Waals surface area contributed by atoms with Gasteiger partial charge in [0, 0.05) is 49.6 Å². The molecule has 0 spiro atoms. The molecule has 32 heavy (non-hydrogen) atoms. The number of aryl methyl sites for hydroxylation is 2. The highest BCUT2D eigenvalue weighted by atomic mass is 16.5. The average molecular weight is 435 g/mol. The maximum absolute atomic E-state index is 12.4. The van der Waals surface area contributed by atoms with Gasteiger partial charge in [-0.1, -0.05) is 35.9 Å². The van der Waals surface area contributed by atoms with Crippen molar-refractivity contribution in [3.8, 4) is 17.2 Å². The molecule has 0 atom stereocenters. The van der Waals surface area contributed by atoms with Gasteiger partial charge in [0.25, 0.3) is 0 Å². The van der Waals surface area contributed by atoms with Gasteiger partial charge in [-0.05, 0) is 38.0 Å². The van der Waals surface area contributed by atoms with Crippen molar-refractivity contribution in [1.29, 1.82) is 0 Å². The fourth-order valence-electron chi connectivity index (χ4n) is 4.00. The standard InChI is InChI=1S/C25H30N4O3/c1-18-7-9-19(10-8-18)25-28-27-24(32-25)12-11-23(30)26-21-13-15-29(16-14-21)17-20-5-3-4-6-22(20)31-2/h3-10,21H,11-17H2,1-2H3,(H,26,30). The second-order valence-corrected chi connectivity index (χ2v) is 8.30. The number of carbonyl (C=O) groups is 1. The van der Waals surface area contributed by atoms with Gasteiger partial charge < -0.3 is 14.5 Å². The molecule has 0 saturated carbocycles. The lowest BCUT2D eigenvalue weighted by molar-refractivity contribution is -0.122. The Kier molecular flexibility index (Phi) is 7.17. The van der Waals surface area contributed by atoms with E-state index in [-0.39, 0.29) is 11.9 Å². The van der Waals surface area contributed by atoms with E-state index in [9.17, 15) is 4.79 Å². The van der Waals surface area contributed by atoms with Crippen molar-refractivity contribution < 1.29 is 13.9 Å². The third kappa shape index (κ3) is 5.73. The normalized spacial score (nSPS) is 14.9. The molecule has 4 rings (SSSR count). The molecule has 1 aromatic heterocycles. The van der Waals surface area contributed by atoms with Gasteiger partial charge in [0.05, 0.1) is 7.11 Å². The van der Waals surface area contributed by atoms with Crippen molar-refractivity contribution in [3.63, 3.8) is 0 Å². The number of likely N-dealkylation sites (tertiary alicyclic amines) is 1. The summed E-state index contributed by atoms with van der Waals surface area (Å²) in [7, 11) is 1.71. The molecule has 1 saturated heterocycles. The second-order valence-electron chi connectivity index (χ2n) is 8.30. The Morgan fingerprint density at radius 1 is 1.12 bits per heavy atom. The fraction of sp³-hybridized carbons (Fsp3) is 0.400. The van der Waals surface area contributed by atoms with Crippen LogP contribution in [0.15, 0.2) is 52.9 Å². The SMILES string of the molecule is COc1ccccc1CN1CCC(NC(=O)CCc2nnc(-c3ccc(C)cc3)o2)CC1. The maximum Gasteiger partial charge on any atom is 0.247 e. The lowest BCUT2D eigenvalue weighted by Gasteiger charge is -2.32. The first-order valence-electron chi connectivity index (χ1n) is 11.1. The summed E-state index contributed by atoms with van der Waals surface area (Å²) in [6, 6.07) is 16.3. The lowest BCUT2D eigenvalue weighted by atomic mass is 10.0. The van der Waals surface area contributed by atoms with Crippen LogP contribution in [0, 0.1) is 6.92 Å². The summed E-state index contributed by atoms with van der Waals surface area (Å²) in [6.45, 7) is 4.80. The first kappa shape index (κ1) is 22.0. The number of ether oxygens (including phenoxy) is 1. The lowest BCUT2D eigenvalue weighted by Crippen LogP contribution is -2.44. The third-order valence-corrected chi connectivity index (χ3v) is 5.87. The molecule has 2 heterocycles. The van der Waals surface area contributed by atoms with Gasteiger partial charge in [0.1, 0.15) is 5.75 Å². The minimum atomic E-state index is 0.0308. The number of amides is 1. The summed E-state index contributed by atoms with van der Waals surface area (Å²) in [4.78, 5) is 14.8. The zero-order valence-electron chi connectivity index (χ0n) is 18.7. The largest absolute Gasteiger partial charge is 0.496 e. The number of hydrogen-bond donors (Lipinski definition) is 1. The second kappa shape index (κ2) is 10.4. The summed E-state index contributed by atoms with van der Waals surface area (Å²) in [5.41, 5.74) is 3.26. The van der Waals surface area contributed by atoms with E-state index in [0.29, 0.717) is 24.6 Å². The van der Waals surface area contributed by atoms with Crippen molar-refractivity contribution in [1.82, 2.24) is 20.4 Å². The van der Waals surface area contributed by atoms with Crippen molar-refractivity contribution >= 4 is 5.91 Å². The molecule has 0 unspecified atom stereocenters. The number of aromatic nitrogens is 2. The van der Waals surface area contributed by atoms with E-state index in [1.807, 2.05) is 49.4 Å². The predicted octanol–water partition coefficient (Wildman–Crippen LogP) is 3.77. The molecule has 1 aliphatic heterocycles. The van der Waals surface area contributed by atoms with E-state index in [1.54, 1.807) is 7.11 Å². The zero-order chi connectivity index (χ0) is 22.3. The van der Waals surface area contributed by atoms with Crippen LogP contribution in [0.25, 0.3) is 11.5 Å². The van der Waals surface area contributed by atoms with Crippen LogP contribution in [0.4, 0.5) is 0 Å². The number of hydrogen-bond acceptors (Lipinski definition) is 6. The van der Waals surface area contributed by atoms with Gasteiger partial charge in [-0.3, -0.25) is 9.69 Å². The van der Waals surface area contributed by atoms with E-state index < -0.39 is 0 Å². The molecular weight excluding hydrogens is 404 g/mol. The monoisotopic (exact) mass is 434 g/mol. The molecule has 1 amide bonds. The van der Waals surface area contributed by atoms with Crippen LogP contribution in [-0.4, -0.2) is 47.2 Å². The number of nitrogens with one attached hydrogen (secondary N) is 1. The van der Waals surface area contributed by atoms with Gasteiger partial charge in [-0.25, -0.2) is 0 Å². The molecule has 7 heteroatoms. The molecule has 0 radical (unpaired) electrons. The topological polar surface area (TPSA) is 80.5 Å². The van der Waals surface area contributed by atoms with E-state index in [1.165, 1.54) is 11.1 Å². The van der Waals surface area contributed by atoms with E-state index >= 15 is 0 Å². The number of nitrogens with zero attached hydrogens (tertiary/aromatic N) is 3. The molecular formula is C25H30N4O3. The van der Waals surface area contributed by atoms with Crippen LogP contribution in [-0.2, 0) is 17.8 Å². The van der Waals surface area contributed by atoms with Crippen LogP contribution in [0.3, 0.4) is 0 Å². The molecule has 0 aliphatic carbocycles.